The standard InChI is InChI=1S/C32H43N3O3/c1-8-11-35-30(36)34-21-25-17-26(37-6)18-27(38-7)29(25)31(4,5)19-28(34)32(35)9-12-33(13-10-32)20-24-15-22(2)14-23(3)16-24/h14-19H,8-13,20-21H2,1-7H3. The molecule has 2 saturated heterocycles. The van der Waals surface area contributed by atoms with Crippen molar-refractivity contribution in [3.8, 4) is 11.5 Å². The van der Waals surface area contributed by atoms with Gasteiger partial charge in [-0.2, -0.15) is 0 Å². The van der Waals surface area contributed by atoms with Crippen molar-refractivity contribution >= 4 is 6.03 Å². The number of methoxy groups -OCH3 is 2. The van der Waals surface area contributed by atoms with E-state index in [1.54, 1.807) is 14.2 Å². The SMILES string of the molecule is CCCN1C(=O)N2Cc3cc(OC)cc(OC)c3C(C)(C)C=C2C12CCN(Cc1cc(C)cc(C)c1)CC2. The highest BCUT2D eigenvalue weighted by Crippen LogP contribution is 2.50. The second kappa shape index (κ2) is 9.96. The van der Waals surface area contributed by atoms with E-state index in [1.807, 2.05) is 11.0 Å². The highest BCUT2D eigenvalue weighted by Gasteiger charge is 2.55. The molecule has 1 spiro atoms. The topological polar surface area (TPSA) is 45.3 Å². The predicted molar refractivity (Wildman–Crippen MR) is 152 cm³/mol. The molecule has 0 aliphatic carbocycles. The van der Waals surface area contributed by atoms with Gasteiger partial charge in [-0.3, -0.25) is 9.80 Å². The normalized spacial score (nSPS) is 20.2. The summed E-state index contributed by atoms with van der Waals surface area (Å²) in [6.45, 7) is 15.2. The number of aryl methyl sites for hydroxylation is 2. The molecule has 0 unspecified atom stereocenters. The zero-order chi connectivity index (χ0) is 27.2. The first-order valence-corrected chi connectivity index (χ1v) is 14.0. The van der Waals surface area contributed by atoms with Crippen LogP contribution in [0.1, 0.15) is 67.9 Å². The molecule has 0 radical (unpaired) electrons. The molecule has 0 aromatic heterocycles. The monoisotopic (exact) mass is 517 g/mol. The molecular formula is C32H43N3O3. The molecule has 6 nitrogen and oxygen atoms in total. The fourth-order valence-corrected chi connectivity index (χ4v) is 7.11. The molecule has 204 valence electrons. The lowest BCUT2D eigenvalue weighted by atomic mass is 9.77. The molecule has 2 fully saturated rings. The summed E-state index contributed by atoms with van der Waals surface area (Å²) in [6.07, 6.45) is 5.20. The smallest absolute Gasteiger partial charge is 0.325 e. The fraction of sp³-hybridized carbons (Fsp3) is 0.531. The molecule has 2 amide bonds. The van der Waals surface area contributed by atoms with E-state index in [0.29, 0.717) is 6.54 Å². The zero-order valence-corrected chi connectivity index (χ0v) is 24.2. The van der Waals surface area contributed by atoms with E-state index in [0.717, 1.165) is 68.1 Å². The summed E-state index contributed by atoms with van der Waals surface area (Å²) in [5, 5.41) is 0. The average molecular weight is 518 g/mol. The maximum Gasteiger partial charge on any atom is 0.325 e. The minimum Gasteiger partial charge on any atom is -0.497 e. The van der Waals surface area contributed by atoms with E-state index in [9.17, 15) is 4.79 Å². The van der Waals surface area contributed by atoms with E-state index in [4.69, 9.17) is 9.47 Å². The van der Waals surface area contributed by atoms with Gasteiger partial charge in [0.1, 0.15) is 11.5 Å². The molecule has 2 aromatic rings. The second-order valence-electron chi connectivity index (χ2n) is 11.9. The van der Waals surface area contributed by atoms with E-state index >= 15 is 0 Å². The molecular weight excluding hydrogens is 474 g/mol. The lowest BCUT2D eigenvalue weighted by Gasteiger charge is -2.45. The first-order valence-electron chi connectivity index (χ1n) is 14.0. The van der Waals surface area contributed by atoms with Crippen molar-refractivity contribution in [2.45, 2.75) is 77.9 Å². The van der Waals surface area contributed by atoms with Crippen LogP contribution < -0.4 is 9.47 Å². The fourth-order valence-electron chi connectivity index (χ4n) is 7.11. The quantitative estimate of drug-likeness (QED) is 0.459. The van der Waals surface area contributed by atoms with E-state index in [2.05, 4.69) is 74.8 Å². The van der Waals surface area contributed by atoms with Gasteiger partial charge in [-0.1, -0.05) is 56.2 Å². The Hall–Kier alpha value is -2.99. The van der Waals surface area contributed by atoms with Gasteiger partial charge in [0.25, 0.3) is 0 Å². The molecule has 0 atom stereocenters. The second-order valence-corrected chi connectivity index (χ2v) is 11.9. The molecule has 2 aromatic carbocycles. The Bertz CT molecular complexity index is 1240. The summed E-state index contributed by atoms with van der Waals surface area (Å²) in [6, 6.07) is 11.0. The third kappa shape index (κ3) is 4.47. The maximum absolute atomic E-state index is 14.1. The van der Waals surface area contributed by atoms with Gasteiger partial charge in [-0.15, -0.1) is 0 Å². The summed E-state index contributed by atoms with van der Waals surface area (Å²) in [5.41, 5.74) is 6.83. The zero-order valence-electron chi connectivity index (χ0n) is 24.2. The Labute approximate surface area is 228 Å². The first-order chi connectivity index (χ1) is 18.1. The van der Waals surface area contributed by atoms with Gasteiger partial charge in [0, 0.05) is 48.9 Å². The van der Waals surface area contributed by atoms with Gasteiger partial charge in [-0.05, 0) is 50.3 Å². The van der Waals surface area contributed by atoms with Crippen molar-refractivity contribution in [1.82, 2.24) is 14.7 Å². The van der Waals surface area contributed by atoms with Crippen LogP contribution in [0.5, 0.6) is 11.5 Å². The van der Waals surface area contributed by atoms with Gasteiger partial charge in [0.2, 0.25) is 0 Å². The Morgan fingerprint density at radius 3 is 2.24 bits per heavy atom. The highest BCUT2D eigenvalue weighted by atomic mass is 16.5. The number of carbonyl (C=O) groups excluding carboxylic acids is 1. The molecule has 5 rings (SSSR count). The lowest BCUT2D eigenvalue weighted by Crippen LogP contribution is -2.54. The minimum atomic E-state index is -0.303. The lowest BCUT2D eigenvalue weighted by molar-refractivity contribution is 0.0855. The molecule has 38 heavy (non-hydrogen) atoms. The van der Waals surface area contributed by atoms with E-state index in [1.165, 1.54) is 22.4 Å². The van der Waals surface area contributed by atoms with Gasteiger partial charge in [0.05, 0.1) is 26.3 Å². The Kier molecular flexibility index (Phi) is 6.97. The van der Waals surface area contributed by atoms with Gasteiger partial charge < -0.3 is 14.4 Å². The largest absolute Gasteiger partial charge is 0.497 e. The van der Waals surface area contributed by atoms with Crippen LogP contribution in [0.4, 0.5) is 4.79 Å². The number of amides is 2. The molecule has 0 bridgehead atoms. The van der Waals surface area contributed by atoms with Crippen LogP contribution in [0.3, 0.4) is 0 Å². The first kappa shape index (κ1) is 26.6. The number of ether oxygens (including phenoxy) is 2. The van der Waals surface area contributed by atoms with E-state index < -0.39 is 0 Å². The van der Waals surface area contributed by atoms with Crippen LogP contribution in [-0.2, 0) is 18.5 Å². The van der Waals surface area contributed by atoms with Crippen molar-refractivity contribution in [3.05, 3.63) is 69.9 Å². The Morgan fingerprint density at radius 2 is 1.63 bits per heavy atom. The molecule has 6 heteroatoms. The van der Waals surface area contributed by atoms with Crippen LogP contribution in [0.15, 0.2) is 42.1 Å². The van der Waals surface area contributed by atoms with Crippen molar-refractivity contribution in [3.63, 3.8) is 0 Å². The minimum absolute atomic E-state index is 0.131. The molecule has 3 aliphatic rings. The number of rotatable bonds is 6. The molecule has 3 heterocycles. The Balaban J connectivity index is 1.51. The number of benzene rings is 2. The van der Waals surface area contributed by atoms with Crippen LogP contribution in [0.2, 0.25) is 0 Å². The number of hydrogen-bond donors (Lipinski definition) is 0. The number of allylic oxidation sites excluding steroid dienone is 1. The summed E-state index contributed by atoms with van der Waals surface area (Å²) in [5.74, 6) is 1.57. The summed E-state index contributed by atoms with van der Waals surface area (Å²) < 4.78 is 11.4. The van der Waals surface area contributed by atoms with Crippen molar-refractivity contribution in [2.75, 3.05) is 33.9 Å². The number of fused-ring (bicyclic) bond motifs is 3. The third-order valence-corrected chi connectivity index (χ3v) is 8.65. The van der Waals surface area contributed by atoms with Gasteiger partial charge in [-0.25, -0.2) is 4.79 Å². The third-order valence-electron chi connectivity index (χ3n) is 8.65. The van der Waals surface area contributed by atoms with Crippen LogP contribution in [0.25, 0.3) is 0 Å². The van der Waals surface area contributed by atoms with Crippen LogP contribution in [-0.4, -0.2) is 60.1 Å². The van der Waals surface area contributed by atoms with Crippen LogP contribution >= 0.6 is 0 Å². The van der Waals surface area contributed by atoms with Gasteiger partial charge >= 0.3 is 6.03 Å². The summed E-state index contributed by atoms with van der Waals surface area (Å²) in [7, 11) is 3.39. The highest BCUT2D eigenvalue weighted by molar-refractivity contribution is 5.83. The number of carbonyl (C=O) groups is 1. The van der Waals surface area contributed by atoms with Crippen molar-refractivity contribution in [1.29, 1.82) is 0 Å². The van der Waals surface area contributed by atoms with Gasteiger partial charge in [0.15, 0.2) is 0 Å². The van der Waals surface area contributed by atoms with Crippen molar-refractivity contribution in [2.24, 2.45) is 0 Å². The van der Waals surface area contributed by atoms with Crippen molar-refractivity contribution < 1.29 is 14.3 Å². The maximum atomic E-state index is 14.1. The molecule has 0 N–H and O–H groups in total. The summed E-state index contributed by atoms with van der Waals surface area (Å²) >= 11 is 0. The number of urea groups is 1. The average Bonchev–Trinajstić information content (AvgIpc) is 2.98. The summed E-state index contributed by atoms with van der Waals surface area (Å²) in [4.78, 5) is 20.9. The number of hydrogen-bond acceptors (Lipinski definition) is 4. The Morgan fingerprint density at radius 1 is 0.947 bits per heavy atom. The number of piperidine rings is 1. The predicted octanol–water partition coefficient (Wildman–Crippen LogP) is 6.18. The number of nitrogens with zero attached hydrogens (tertiary/aromatic N) is 3. The molecule has 0 saturated carbocycles. The molecule has 3 aliphatic heterocycles. The van der Waals surface area contributed by atoms with Crippen LogP contribution in [0, 0.1) is 13.8 Å². The number of likely N-dealkylation sites (tertiary alicyclic amines) is 1. The van der Waals surface area contributed by atoms with E-state index in [-0.39, 0.29) is 17.0 Å².